The fourth-order valence-electron chi connectivity index (χ4n) is 2.68. The summed E-state index contributed by atoms with van der Waals surface area (Å²) in [5, 5.41) is 11.5. The standard InChI is InChI=1S/C15H19NO3/c1-10(9-14(17)18)16-15(19)13-8-4-6-11-5-2-3-7-12(11)13/h2-3,5,7,10,13H,4,6,8-9H2,1H3,(H,16,19)(H,17,18). The first kappa shape index (κ1) is 13.6. The number of aryl methyl sites for hydroxylation is 1. The van der Waals surface area contributed by atoms with Crippen molar-refractivity contribution >= 4 is 11.9 Å². The number of fused-ring (bicyclic) bond motifs is 1. The van der Waals surface area contributed by atoms with Gasteiger partial charge in [0.25, 0.3) is 0 Å². The predicted octanol–water partition coefficient (Wildman–Crippen LogP) is 2.09. The van der Waals surface area contributed by atoms with Crippen LogP contribution >= 0.6 is 0 Å². The maximum atomic E-state index is 12.2. The molecule has 1 amide bonds. The lowest BCUT2D eigenvalue weighted by atomic mass is 9.82. The zero-order valence-corrected chi connectivity index (χ0v) is 11.1. The fraction of sp³-hybridized carbons (Fsp3) is 0.467. The van der Waals surface area contributed by atoms with Crippen LogP contribution in [-0.2, 0) is 16.0 Å². The number of aliphatic carboxylic acids is 1. The highest BCUT2D eigenvalue weighted by Gasteiger charge is 2.27. The van der Waals surface area contributed by atoms with Crippen molar-refractivity contribution in [2.24, 2.45) is 0 Å². The number of carbonyl (C=O) groups excluding carboxylic acids is 1. The second-order valence-electron chi connectivity index (χ2n) is 5.15. The second kappa shape index (κ2) is 5.87. The van der Waals surface area contributed by atoms with Gasteiger partial charge in [0.2, 0.25) is 5.91 Å². The molecule has 0 aromatic heterocycles. The zero-order valence-electron chi connectivity index (χ0n) is 11.1. The van der Waals surface area contributed by atoms with Crippen LogP contribution in [0.1, 0.15) is 43.2 Å². The van der Waals surface area contributed by atoms with E-state index in [1.807, 2.05) is 18.2 Å². The molecule has 2 N–H and O–H groups in total. The van der Waals surface area contributed by atoms with Gasteiger partial charge in [-0.25, -0.2) is 0 Å². The van der Waals surface area contributed by atoms with Crippen molar-refractivity contribution in [1.82, 2.24) is 5.32 Å². The Labute approximate surface area is 112 Å². The quantitative estimate of drug-likeness (QED) is 0.872. The number of amides is 1. The van der Waals surface area contributed by atoms with Gasteiger partial charge in [0.15, 0.2) is 0 Å². The summed E-state index contributed by atoms with van der Waals surface area (Å²) in [6.07, 6.45) is 2.82. The van der Waals surface area contributed by atoms with E-state index in [4.69, 9.17) is 5.11 Å². The summed E-state index contributed by atoms with van der Waals surface area (Å²) in [5.41, 5.74) is 2.33. The second-order valence-corrected chi connectivity index (χ2v) is 5.15. The zero-order chi connectivity index (χ0) is 13.8. The Morgan fingerprint density at radius 1 is 1.42 bits per heavy atom. The van der Waals surface area contributed by atoms with Crippen LogP contribution in [0.3, 0.4) is 0 Å². The predicted molar refractivity (Wildman–Crippen MR) is 72.0 cm³/mol. The summed E-state index contributed by atoms with van der Waals surface area (Å²) in [6.45, 7) is 1.72. The van der Waals surface area contributed by atoms with Crippen LogP contribution in [0.5, 0.6) is 0 Å². The third-order valence-electron chi connectivity index (χ3n) is 3.56. The molecular weight excluding hydrogens is 242 g/mol. The van der Waals surface area contributed by atoms with Crippen molar-refractivity contribution < 1.29 is 14.7 Å². The Morgan fingerprint density at radius 2 is 2.16 bits per heavy atom. The van der Waals surface area contributed by atoms with Gasteiger partial charge >= 0.3 is 5.97 Å². The first-order chi connectivity index (χ1) is 9.08. The highest BCUT2D eigenvalue weighted by molar-refractivity contribution is 5.85. The van der Waals surface area contributed by atoms with E-state index in [9.17, 15) is 9.59 Å². The number of hydrogen-bond donors (Lipinski definition) is 2. The third kappa shape index (κ3) is 3.34. The highest BCUT2D eigenvalue weighted by atomic mass is 16.4. The Balaban J connectivity index is 2.06. The minimum atomic E-state index is -0.892. The van der Waals surface area contributed by atoms with Gasteiger partial charge < -0.3 is 10.4 Å². The van der Waals surface area contributed by atoms with Crippen molar-refractivity contribution in [3.8, 4) is 0 Å². The van der Waals surface area contributed by atoms with E-state index < -0.39 is 5.97 Å². The van der Waals surface area contributed by atoms with Gasteiger partial charge in [-0.15, -0.1) is 0 Å². The maximum Gasteiger partial charge on any atom is 0.305 e. The normalized spacial score (nSPS) is 19.3. The molecule has 0 heterocycles. The number of nitrogens with one attached hydrogen (secondary N) is 1. The van der Waals surface area contributed by atoms with Crippen LogP contribution in [0.15, 0.2) is 24.3 Å². The molecule has 0 radical (unpaired) electrons. The van der Waals surface area contributed by atoms with Crippen molar-refractivity contribution in [2.45, 2.75) is 44.6 Å². The van der Waals surface area contributed by atoms with Gasteiger partial charge in [0.05, 0.1) is 12.3 Å². The molecule has 1 aliphatic carbocycles. The van der Waals surface area contributed by atoms with Crippen LogP contribution in [0, 0.1) is 0 Å². The lowest BCUT2D eigenvalue weighted by Gasteiger charge is -2.25. The van der Waals surface area contributed by atoms with Gasteiger partial charge in [0, 0.05) is 6.04 Å². The number of rotatable bonds is 4. The van der Waals surface area contributed by atoms with Crippen LogP contribution in [0.4, 0.5) is 0 Å². The third-order valence-corrected chi connectivity index (χ3v) is 3.56. The summed E-state index contributed by atoms with van der Waals surface area (Å²) >= 11 is 0. The van der Waals surface area contributed by atoms with Gasteiger partial charge in [-0.05, 0) is 37.3 Å². The van der Waals surface area contributed by atoms with Crippen LogP contribution in [0.2, 0.25) is 0 Å². The molecule has 4 heteroatoms. The molecule has 1 aliphatic rings. The smallest absolute Gasteiger partial charge is 0.305 e. The van der Waals surface area contributed by atoms with E-state index in [2.05, 4.69) is 11.4 Å². The first-order valence-electron chi connectivity index (χ1n) is 6.68. The number of hydrogen-bond acceptors (Lipinski definition) is 2. The molecule has 0 bridgehead atoms. The lowest BCUT2D eigenvalue weighted by molar-refractivity contribution is -0.137. The number of benzene rings is 1. The Morgan fingerprint density at radius 3 is 2.89 bits per heavy atom. The molecule has 1 aromatic carbocycles. The van der Waals surface area contributed by atoms with Crippen molar-refractivity contribution in [1.29, 1.82) is 0 Å². The summed E-state index contributed by atoms with van der Waals surface area (Å²) in [7, 11) is 0. The van der Waals surface area contributed by atoms with E-state index in [0.717, 1.165) is 24.8 Å². The Hall–Kier alpha value is -1.84. The SMILES string of the molecule is CC(CC(=O)O)NC(=O)C1CCCc2ccccc21. The minimum absolute atomic E-state index is 0.0416. The van der Waals surface area contributed by atoms with Crippen molar-refractivity contribution in [3.63, 3.8) is 0 Å². The Bertz CT molecular complexity index is 484. The topological polar surface area (TPSA) is 66.4 Å². The van der Waals surface area contributed by atoms with Crippen LogP contribution < -0.4 is 5.32 Å². The molecule has 2 atom stereocenters. The van der Waals surface area contributed by atoms with Crippen molar-refractivity contribution in [3.05, 3.63) is 35.4 Å². The molecule has 0 fully saturated rings. The molecule has 0 saturated heterocycles. The van der Waals surface area contributed by atoms with E-state index in [-0.39, 0.29) is 24.3 Å². The molecular formula is C15H19NO3. The van der Waals surface area contributed by atoms with Gasteiger partial charge in [-0.3, -0.25) is 9.59 Å². The first-order valence-corrected chi connectivity index (χ1v) is 6.68. The van der Waals surface area contributed by atoms with Crippen molar-refractivity contribution in [2.75, 3.05) is 0 Å². The Kier molecular flexibility index (Phi) is 4.20. The average molecular weight is 261 g/mol. The highest BCUT2D eigenvalue weighted by Crippen LogP contribution is 2.31. The molecule has 4 nitrogen and oxygen atoms in total. The molecule has 0 aliphatic heterocycles. The summed E-state index contributed by atoms with van der Waals surface area (Å²) in [4.78, 5) is 22.9. The van der Waals surface area contributed by atoms with Gasteiger partial charge in [-0.1, -0.05) is 24.3 Å². The minimum Gasteiger partial charge on any atom is -0.481 e. The molecule has 2 rings (SSSR count). The summed E-state index contributed by atoms with van der Waals surface area (Å²) < 4.78 is 0. The molecule has 2 unspecified atom stereocenters. The fourth-order valence-corrected chi connectivity index (χ4v) is 2.68. The largest absolute Gasteiger partial charge is 0.481 e. The molecule has 0 spiro atoms. The maximum absolute atomic E-state index is 12.2. The van der Waals surface area contributed by atoms with E-state index in [1.165, 1.54) is 5.56 Å². The van der Waals surface area contributed by atoms with Gasteiger partial charge in [0.1, 0.15) is 0 Å². The number of carbonyl (C=O) groups is 2. The van der Waals surface area contributed by atoms with E-state index in [0.29, 0.717) is 0 Å². The average Bonchev–Trinajstić information content (AvgIpc) is 2.36. The van der Waals surface area contributed by atoms with Gasteiger partial charge in [-0.2, -0.15) is 0 Å². The van der Waals surface area contributed by atoms with Crippen LogP contribution in [-0.4, -0.2) is 23.0 Å². The molecule has 19 heavy (non-hydrogen) atoms. The van der Waals surface area contributed by atoms with E-state index in [1.54, 1.807) is 6.92 Å². The molecule has 1 aromatic rings. The lowest BCUT2D eigenvalue weighted by Crippen LogP contribution is -2.38. The number of carboxylic acid groups (broad SMARTS) is 1. The van der Waals surface area contributed by atoms with Crippen LogP contribution in [0.25, 0.3) is 0 Å². The molecule has 102 valence electrons. The number of carboxylic acids is 1. The molecule has 0 saturated carbocycles. The van der Waals surface area contributed by atoms with E-state index >= 15 is 0 Å². The monoisotopic (exact) mass is 261 g/mol. The summed E-state index contributed by atoms with van der Waals surface area (Å²) in [5.74, 6) is -1.08. The summed E-state index contributed by atoms with van der Waals surface area (Å²) in [6, 6.07) is 7.67.